The molecule has 1 saturated heterocycles. The lowest BCUT2D eigenvalue weighted by molar-refractivity contribution is 0.187. The summed E-state index contributed by atoms with van der Waals surface area (Å²) in [5.41, 5.74) is 0.00694. The topological polar surface area (TPSA) is 53.6 Å². The van der Waals surface area contributed by atoms with Gasteiger partial charge < -0.3 is 14.7 Å². The summed E-state index contributed by atoms with van der Waals surface area (Å²) in [5.74, 6) is 0.645. The van der Waals surface area contributed by atoms with Crippen molar-refractivity contribution in [2.24, 2.45) is 5.92 Å². The maximum atomic E-state index is 12.5. The Hall–Kier alpha value is 0.0700. The smallest absolute Gasteiger partial charge is 0.272 e. The summed E-state index contributed by atoms with van der Waals surface area (Å²) in [4.78, 5) is 2.37. The van der Waals surface area contributed by atoms with Crippen LogP contribution in [0.15, 0.2) is 0 Å². The molecule has 0 aromatic rings. The molecule has 0 aromatic heterocycles. The van der Waals surface area contributed by atoms with E-state index < -0.39 is 7.52 Å². The molecule has 1 aliphatic rings. The van der Waals surface area contributed by atoms with Crippen molar-refractivity contribution < 1.29 is 9.09 Å². The fourth-order valence-electron chi connectivity index (χ4n) is 2.62. The second kappa shape index (κ2) is 7.75. The number of rotatable bonds is 7. The molecule has 1 rings (SSSR count). The lowest BCUT2D eigenvalue weighted by atomic mass is 9.90. The van der Waals surface area contributed by atoms with Gasteiger partial charge in [-0.3, -0.25) is 4.57 Å². The fourth-order valence-corrected chi connectivity index (χ4v) is 3.99. The molecule has 0 bridgehead atoms. The average Bonchev–Trinajstić information content (AvgIpc) is 2.40. The van der Waals surface area contributed by atoms with Gasteiger partial charge in [0.15, 0.2) is 0 Å². The molecule has 0 aliphatic carbocycles. The molecule has 6 heteroatoms. The molecular weight excluding hydrogens is 261 g/mol. The van der Waals surface area contributed by atoms with E-state index in [-0.39, 0.29) is 5.66 Å². The van der Waals surface area contributed by atoms with Crippen LogP contribution in [0.5, 0.6) is 0 Å². The number of hydrogen-bond acceptors (Lipinski definition) is 4. The van der Waals surface area contributed by atoms with Gasteiger partial charge in [-0.1, -0.05) is 13.8 Å². The van der Waals surface area contributed by atoms with Crippen molar-refractivity contribution in [2.45, 2.75) is 38.4 Å². The van der Waals surface area contributed by atoms with Gasteiger partial charge in [0.25, 0.3) is 7.52 Å². The first-order chi connectivity index (χ1) is 8.92. The first-order valence-electron chi connectivity index (χ1n) is 7.19. The number of likely N-dealkylation sites (N-methyl/N-ethyl adjacent to an activating group) is 1. The maximum Gasteiger partial charge on any atom is 0.272 e. The molecule has 2 unspecified atom stereocenters. The molecule has 19 heavy (non-hydrogen) atoms. The molecule has 2 N–H and O–H groups in total. The lowest BCUT2D eigenvalue weighted by Gasteiger charge is -2.35. The van der Waals surface area contributed by atoms with Crippen LogP contribution < -0.4 is 10.4 Å². The van der Waals surface area contributed by atoms with Crippen LogP contribution in [-0.4, -0.2) is 57.4 Å². The second-order valence-corrected chi connectivity index (χ2v) is 8.68. The zero-order chi connectivity index (χ0) is 14.5. The number of nitrogens with zero attached hydrogens (tertiary/aromatic N) is 1. The summed E-state index contributed by atoms with van der Waals surface area (Å²) in [7, 11) is 2.97. The molecule has 5 nitrogen and oxygen atoms in total. The zero-order valence-corrected chi connectivity index (χ0v) is 13.9. The first kappa shape index (κ1) is 17.1. The molecule has 0 amide bonds. The number of nitrogens with one attached hydrogen (secondary N) is 2. The SMILES string of the molecule is CNC(CNP(=O)(OC)C(C)C)C1CCN(C)CC1. The van der Waals surface area contributed by atoms with Gasteiger partial charge in [-0.25, -0.2) is 5.09 Å². The predicted octanol–water partition coefficient (Wildman–Crippen LogP) is 1.75. The van der Waals surface area contributed by atoms with Crippen LogP contribution >= 0.6 is 7.52 Å². The van der Waals surface area contributed by atoms with Crippen LogP contribution in [0.1, 0.15) is 26.7 Å². The highest BCUT2D eigenvalue weighted by atomic mass is 31.2. The van der Waals surface area contributed by atoms with E-state index in [0.717, 1.165) is 13.1 Å². The van der Waals surface area contributed by atoms with E-state index in [1.807, 2.05) is 20.9 Å². The van der Waals surface area contributed by atoms with Crippen LogP contribution in [0.3, 0.4) is 0 Å². The monoisotopic (exact) mass is 291 g/mol. The quantitative estimate of drug-likeness (QED) is 0.700. The van der Waals surface area contributed by atoms with Crippen LogP contribution in [0, 0.1) is 5.92 Å². The van der Waals surface area contributed by atoms with E-state index in [1.54, 1.807) is 0 Å². The molecule has 1 fully saturated rings. The second-order valence-electron chi connectivity index (χ2n) is 5.77. The minimum absolute atomic E-state index is 0.00694. The number of hydrogen-bond donors (Lipinski definition) is 2. The molecule has 0 aromatic carbocycles. The third-order valence-electron chi connectivity index (χ3n) is 4.19. The Bertz CT molecular complexity index is 304. The van der Waals surface area contributed by atoms with Crippen molar-refractivity contribution in [3.05, 3.63) is 0 Å². The van der Waals surface area contributed by atoms with Crippen LogP contribution in [-0.2, 0) is 9.09 Å². The molecule has 0 spiro atoms. The van der Waals surface area contributed by atoms with Gasteiger partial charge in [-0.05, 0) is 45.9 Å². The standard InChI is InChI=1S/C13H30N3O2P/c1-11(2)19(17,18-5)15-10-13(14-3)12-6-8-16(4)9-7-12/h11-14H,6-10H2,1-5H3,(H,15,17). The summed E-state index contributed by atoms with van der Waals surface area (Å²) >= 11 is 0. The molecular formula is C13H30N3O2P. The summed E-state index contributed by atoms with van der Waals surface area (Å²) < 4.78 is 17.7. The van der Waals surface area contributed by atoms with Gasteiger partial charge in [-0.2, -0.15) is 0 Å². The van der Waals surface area contributed by atoms with Gasteiger partial charge in [0.1, 0.15) is 0 Å². The van der Waals surface area contributed by atoms with Gasteiger partial charge in [0.2, 0.25) is 0 Å². The average molecular weight is 291 g/mol. The third-order valence-corrected chi connectivity index (χ3v) is 6.71. The Morgan fingerprint density at radius 2 is 1.95 bits per heavy atom. The van der Waals surface area contributed by atoms with Crippen molar-refractivity contribution in [1.82, 2.24) is 15.3 Å². The first-order valence-corrected chi connectivity index (χ1v) is 8.88. The largest absolute Gasteiger partial charge is 0.321 e. The Labute approximate surface area is 118 Å². The molecule has 0 radical (unpaired) electrons. The van der Waals surface area contributed by atoms with E-state index in [9.17, 15) is 4.57 Å². The van der Waals surface area contributed by atoms with Crippen molar-refractivity contribution in [2.75, 3.05) is 40.8 Å². The molecule has 1 aliphatic heterocycles. The van der Waals surface area contributed by atoms with Crippen molar-refractivity contribution in [1.29, 1.82) is 0 Å². The van der Waals surface area contributed by atoms with E-state index >= 15 is 0 Å². The zero-order valence-electron chi connectivity index (χ0n) is 13.0. The fraction of sp³-hybridized carbons (Fsp3) is 1.00. The van der Waals surface area contributed by atoms with Gasteiger partial charge in [-0.15, -0.1) is 0 Å². The van der Waals surface area contributed by atoms with Crippen molar-refractivity contribution in [3.8, 4) is 0 Å². The Kier molecular flexibility index (Phi) is 6.98. The van der Waals surface area contributed by atoms with E-state index in [2.05, 4.69) is 22.4 Å². The van der Waals surface area contributed by atoms with Crippen LogP contribution in [0.25, 0.3) is 0 Å². The normalized spacial score (nSPS) is 23.5. The van der Waals surface area contributed by atoms with Gasteiger partial charge in [0, 0.05) is 25.4 Å². The highest BCUT2D eigenvalue weighted by molar-refractivity contribution is 7.57. The summed E-state index contributed by atoms with van der Waals surface area (Å²) in [5, 5.41) is 6.53. The molecule has 114 valence electrons. The third kappa shape index (κ3) is 4.83. The minimum atomic E-state index is -2.70. The van der Waals surface area contributed by atoms with Gasteiger partial charge in [0.05, 0.1) is 0 Å². The van der Waals surface area contributed by atoms with E-state index in [4.69, 9.17) is 4.52 Å². The Balaban J connectivity index is 2.51. The van der Waals surface area contributed by atoms with Crippen LogP contribution in [0.4, 0.5) is 0 Å². The lowest BCUT2D eigenvalue weighted by Crippen LogP contribution is -2.46. The highest BCUT2D eigenvalue weighted by Crippen LogP contribution is 2.46. The molecule has 1 heterocycles. The van der Waals surface area contributed by atoms with E-state index in [0.29, 0.717) is 18.5 Å². The maximum absolute atomic E-state index is 12.5. The number of piperidine rings is 1. The van der Waals surface area contributed by atoms with Crippen molar-refractivity contribution >= 4 is 7.52 Å². The molecule has 2 atom stereocenters. The predicted molar refractivity (Wildman–Crippen MR) is 80.8 cm³/mol. The molecule has 0 saturated carbocycles. The van der Waals surface area contributed by atoms with Gasteiger partial charge >= 0.3 is 0 Å². The summed E-state index contributed by atoms with van der Waals surface area (Å²) in [6.07, 6.45) is 2.39. The summed E-state index contributed by atoms with van der Waals surface area (Å²) in [6, 6.07) is 0.357. The summed E-state index contributed by atoms with van der Waals surface area (Å²) in [6.45, 7) is 6.86. The Morgan fingerprint density at radius 1 is 1.37 bits per heavy atom. The Morgan fingerprint density at radius 3 is 2.37 bits per heavy atom. The highest BCUT2D eigenvalue weighted by Gasteiger charge is 2.29. The minimum Gasteiger partial charge on any atom is -0.321 e. The van der Waals surface area contributed by atoms with Crippen molar-refractivity contribution in [3.63, 3.8) is 0 Å². The van der Waals surface area contributed by atoms with E-state index in [1.165, 1.54) is 20.0 Å². The number of likely N-dealkylation sites (tertiary alicyclic amines) is 1. The van der Waals surface area contributed by atoms with Crippen LogP contribution in [0.2, 0.25) is 0 Å².